The zero-order valence-electron chi connectivity index (χ0n) is 23.8. The van der Waals surface area contributed by atoms with E-state index in [1.807, 2.05) is 71.6 Å². The highest BCUT2D eigenvalue weighted by Gasteiger charge is 2.46. The number of imidazole rings is 1. The zero-order chi connectivity index (χ0) is 29.2. The van der Waals surface area contributed by atoms with Gasteiger partial charge in [0.05, 0.1) is 37.1 Å². The molecule has 0 radical (unpaired) electrons. The maximum absolute atomic E-state index is 13.4. The average molecular weight is 566 g/mol. The monoisotopic (exact) mass is 565 g/mol. The molecule has 212 valence electrons. The van der Waals surface area contributed by atoms with E-state index in [4.69, 9.17) is 4.74 Å². The summed E-state index contributed by atoms with van der Waals surface area (Å²) in [4.78, 5) is 22.1. The molecule has 0 unspecified atom stereocenters. The van der Waals surface area contributed by atoms with Crippen LogP contribution in [0.3, 0.4) is 0 Å². The van der Waals surface area contributed by atoms with Gasteiger partial charge in [0.15, 0.2) is 0 Å². The Kier molecular flexibility index (Phi) is 6.83. The number of amides is 2. The van der Waals surface area contributed by atoms with Crippen molar-refractivity contribution in [2.75, 3.05) is 17.7 Å². The van der Waals surface area contributed by atoms with Crippen LogP contribution < -0.4 is 15.4 Å². The van der Waals surface area contributed by atoms with Gasteiger partial charge in [-0.3, -0.25) is 4.98 Å². The molecule has 1 aliphatic rings. The van der Waals surface area contributed by atoms with Crippen molar-refractivity contribution in [2.45, 2.75) is 24.8 Å². The van der Waals surface area contributed by atoms with Gasteiger partial charge in [0.25, 0.3) is 0 Å². The number of urea groups is 1. The minimum atomic E-state index is -0.330. The van der Waals surface area contributed by atoms with Gasteiger partial charge in [0, 0.05) is 35.0 Å². The molecule has 7 heteroatoms. The lowest BCUT2D eigenvalue weighted by molar-refractivity contribution is 0.262. The van der Waals surface area contributed by atoms with Gasteiger partial charge in [-0.25, -0.2) is 9.78 Å². The molecule has 0 atom stereocenters. The molecule has 0 bridgehead atoms. The highest BCUT2D eigenvalue weighted by Crippen LogP contribution is 2.54. The second kappa shape index (κ2) is 11.1. The fourth-order valence-corrected chi connectivity index (χ4v) is 5.91. The Hall–Kier alpha value is -5.43. The predicted octanol–water partition coefficient (Wildman–Crippen LogP) is 7.88. The third kappa shape index (κ3) is 5.21. The maximum atomic E-state index is 13.4. The molecule has 43 heavy (non-hydrogen) atoms. The van der Waals surface area contributed by atoms with E-state index in [1.165, 1.54) is 11.1 Å². The summed E-state index contributed by atoms with van der Waals surface area (Å²) in [6.45, 7) is 0.667. The lowest BCUT2D eigenvalue weighted by Crippen LogP contribution is -2.20. The van der Waals surface area contributed by atoms with E-state index in [0.717, 1.165) is 46.1 Å². The quantitative estimate of drug-likeness (QED) is 0.197. The van der Waals surface area contributed by atoms with Gasteiger partial charge in [0.1, 0.15) is 5.75 Å². The number of hydrogen-bond acceptors (Lipinski definition) is 4. The highest BCUT2D eigenvalue weighted by molar-refractivity contribution is 6.10. The molecule has 2 heterocycles. The first-order valence-electron chi connectivity index (χ1n) is 14.4. The first-order valence-corrected chi connectivity index (χ1v) is 14.4. The van der Waals surface area contributed by atoms with E-state index in [9.17, 15) is 4.79 Å². The van der Waals surface area contributed by atoms with E-state index >= 15 is 0 Å². The number of methoxy groups -OCH3 is 1. The van der Waals surface area contributed by atoms with Crippen molar-refractivity contribution < 1.29 is 9.53 Å². The zero-order valence-corrected chi connectivity index (χ0v) is 23.8. The number of fused-ring (bicyclic) bond motifs is 1. The summed E-state index contributed by atoms with van der Waals surface area (Å²) in [5, 5.41) is 8.09. The van der Waals surface area contributed by atoms with E-state index in [1.54, 1.807) is 19.6 Å². The Labute approximate surface area is 250 Å². The summed E-state index contributed by atoms with van der Waals surface area (Å²) in [6.07, 6.45) is 9.53. The Morgan fingerprint density at radius 1 is 0.860 bits per heavy atom. The summed E-state index contributed by atoms with van der Waals surface area (Å²) in [6, 6.07) is 32.5. The summed E-state index contributed by atoms with van der Waals surface area (Å²) in [5.74, 6) is 0.618. The molecule has 2 N–H and O–H groups in total. The molecule has 1 fully saturated rings. The van der Waals surface area contributed by atoms with Crippen LogP contribution in [-0.4, -0.2) is 27.7 Å². The highest BCUT2D eigenvalue weighted by atomic mass is 16.5. The van der Waals surface area contributed by atoms with Crippen LogP contribution in [0, 0.1) is 0 Å². The van der Waals surface area contributed by atoms with Crippen LogP contribution in [0.25, 0.3) is 21.9 Å². The van der Waals surface area contributed by atoms with Gasteiger partial charge >= 0.3 is 6.03 Å². The minimum Gasteiger partial charge on any atom is -0.495 e. The smallest absolute Gasteiger partial charge is 0.323 e. The van der Waals surface area contributed by atoms with Crippen molar-refractivity contribution in [3.63, 3.8) is 0 Å². The predicted molar refractivity (Wildman–Crippen MR) is 171 cm³/mol. The van der Waals surface area contributed by atoms with Crippen LogP contribution >= 0.6 is 0 Å². The van der Waals surface area contributed by atoms with Gasteiger partial charge in [-0.1, -0.05) is 72.8 Å². The number of anilines is 2. The van der Waals surface area contributed by atoms with E-state index in [2.05, 4.69) is 63.1 Å². The largest absolute Gasteiger partial charge is 0.495 e. The molecule has 0 saturated heterocycles. The molecule has 2 aromatic heterocycles. The molecule has 7 nitrogen and oxygen atoms in total. The Balaban J connectivity index is 1.13. The number of rotatable bonds is 8. The molecule has 1 aliphatic carbocycles. The van der Waals surface area contributed by atoms with E-state index in [-0.39, 0.29) is 11.4 Å². The van der Waals surface area contributed by atoms with Crippen molar-refractivity contribution in [1.82, 2.24) is 14.5 Å². The average Bonchev–Trinajstić information content (AvgIpc) is 3.71. The second-order valence-corrected chi connectivity index (χ2v) is 10.9. The fourth-order valence-electron chi connectivity index (χ4n) is 5.91. The van der Waals surface area contributed by atoms with Crippen LogP contribution in [0.5, 0.6) is 5.75 Å². The molecule has 6 aromatic rings. The standard InChI is InChI=1S/C36H31N5O2/c1-43-34-16-12-27(36(17-18-36)26-7-3-2-4-8-26)21-33(34)40-35(42)39-32-15-14-29(30-9-5-6-10-31(30)32)25-11-13-28(38-22-25)23-41-20-19-37-24-41/h2-16,19-22,24H,17-18,23H2,1H3,(H2,39,40,42). The Bertz CT molecular complexity index is 1900. The lowest BCUT2D eigenvalue weighted by atomic mass is 9.88. The van der Waals surface area contributed by atoms with Crippen molar-refractivity contribution in [1.29, 1.82) is 0 Å². The van der Waals surface area contributed by atoms with Gasteiger partial charge in [-0.05, 0) is 59.2 Å². The fraction of sp³-hybridized carbons (Fsp3) is 0.139. The number of carbonyl (C=O) groups excluding carboxylic acids is 1. The number of hydrogen-bond donors (Lipinski definition) is 2. The van der Waals surface area contributed by atoms with Gasteiger partial charge < -0.3 is 19.9 Å². The summed E-state index contributed by atoms with van der Waals surface area (Å²) in [7, 11) is 1.62. The summed E-state index contributed by atoms with van der Waals surface area (Å²) >= 11 is 0. The van der Waals surface area contributed by atoms with Gasteiger partial charge in [-0.2, -0.15) is 0 Å². The van der Waals surface area contributed by atoms with Crippen molar-refractivity contribution in [3.05, 3.63) is 139 Å². The van der Waals surface area contributed by atoms with Gasteiger partial charge in [0.2, 0.25) is 0 Å². The number of aromatic nitrogens is 3. The first-order chi connectivity index (χ1) is 21.1. The topological polar surface area (TPSA) is 81.1 Å². The van der Waals surface area contributed by atoms with Crippen molar-refractivity contribution in [2.24, 2.45) is 0 Å². The minimum absolute atomic E-state index is 0.0149. The van der Waals surface area contributed by atoms with E-state index in [0.29, 0.717) is 18.0 Å². The molecule has 4 aromatic carbocycles. The number of pyridine rings is 1. The molecule has 0 spiro atoms. The van der Waals surface area contributed by atoms with Crippen LogP contribution in [0.15, 0.2) is 122 Å². The third-order valence-electron chi connectivity index (χ3n) is 8.29. The van der Waals surface area contributed by atoms with Crippen LogP contribution in [0.2, 0.25) is 0 Å². The Morgan fingerprint density at radius 3 is 2.37 bits per heavy atom. The molecular weight excluding hydrogens is 534 g/mol. The number of nitrogens with one attached hydrogen (secondary N) is 2. The molecule has 0 aliphatic heterocycles. The van der Waals surface area contributed by atoms with Crippen molar-refractivity contribution in [3.8, 4) is 16.9 Å². The number of benzene rings is 4. The number of carbonyl (C=O) groups is 1. The number of ether oxygens (including phenoxy) is 1. The van der Waals surface area contributed by atoms with Crippen LogP contribution in [0.1, 0.15) is 29.7 Å². The molecule has 1 saturated carbocycles. The molecule has 7 rings (SSSR count). The summed E-state index contributed by atoms with van der Waals surface area (Å²) < 4.78 is 7.60. The normalized spacial score (nSPS) is 13.4. The lowest BCUT2D eigenvalue weighted by Gasteiger charge is -2.19. The third-order valence-corrected chi connectivity index (χ3v) is 8.29. The van der Waals surface area contributed by atoms with Gasteiger partial charge in [-0.15, -0.1) is 0 Å². The molecular formula is C36H31N5O2. The van der Waals surface area contributed by atoms with Crippen LogP contribution in [0.4, 0.5) is 16.2 Å². The SMILES string of the molecule is COc1ccc(C2(c3ccccc3)CC2)cc1NC(=O)Nc1ccc(-c2ccc(Cn3ccnc3)nc2)c2ccccc12. The van der Waals surface area contributed by atoms with Crippen molar-refractivity contribution >= 4 is 28.2 Å². The maximum Gasteiger partial charge on any atom is 0.323 e. The number of nitrogens with zero attached hydrogens (tertiary/aromatic N) is 3. The van der Waals surface area contributed by atoms with E-state index < -0.39 is 0 Å². The molecule has 2 amide bonds. The summed E-state index contributed by atoms with van der Waals surface area (Å²) in [5.41, 5.74) is 6.83. The second-order valence-electron chi connectivity index (χ2n) is 10.9. The first kappa shape index (κ1) is 26.5. The Morgan fingerprint density at radius 2 is 1.65 bits per heavy atom. The van der Waals surface area contributed by atoms with Crippen LogP contribution in [-0.2, 0) is 12.0 Å².